The third kappa shape index (κ3) is 3.51. The summed E-state index contributed by atoms with van der Waals surface area (Å²) in [4.78, 5) is 22.8. The third-order valence-electron chi connectivity index (χ3n) is 4.23. The fraction of sp³-hybridized carbons (Fsp3) is 0.211. The zero-order valence-corrected chi connectivity index (χ0v) is 13.1. The van der Waals surface area contributed by atoms with Gasteiger partial charge in [0.15, 0.2) is 0 Å². The van der Waals surface area contributed by atoms with Gasteiger partial charge in [-0.1, -0.05) is 36.4 Å². The van der Waals surface area contributed by atoms with E-state index in [4.69, 9.17) is 0 Å². The number of nitro groups is 1. The monoisotopic (exact) mass is 322 g/mol. The zero-order chi connectivity index (χ0) is 16.9. The van der Waals surface area contributed by atoms with Gasteiger partial charge in [0.25, 0.3) is 5.69 Å². The predicted molar refractivity (Wildman–Crippen MR) is 92.4 cm³/mol. The highest BCUT2D eigenvalue weighted by Crippen LogP contribution is 2.29. The van der Waals surface area contributed by atoms with E-state index in [9.17, 15) is 14.9 Å². The molecule has 0 bridgehead atoms. The van der Waals surface area contributed by atoms with Gasteiger partial charge in [0.1, 0.15) is 0 Å². The molecular formula is C19H18N2O3. The molecule has 0 heterocycles. The second-order valence-corrected chi connectivity index (χ2v) is 5.80. The van der Waals surface area contributed by atoms with Crippen LogP contribution >= 0.6 is 0 Å². The summed E-state index contributed by atoms with van der Waals surface area (Å²) in [5.74, 6) is -0.241. The Balaban J connectivity index is 1.72. The largest absolute Gasteiger partial charge is 0.346 e. The Morgan fingerprint density at radius 1 is 1.17 bits per heavy atom. The Labute approximate surface area is 140 Å². The minimum atomic E-state index is -0.449. The molecule has 122 valence electrons. The molecule has 1 atom stereocenters. The number of benzene rings is 2. The molecule has 0 fully saturated rings. The summed E-state index contributed by atoms with van der Waals surface area (Å²) in [6.07, 6.45) is 5.83. The second kappa shape index (κ2) is 7.08. The van der Waals surface area contributed by atoms with Crippen LogP contribution in [0.2, 0.25) is 0 Å². The number of carbonyl (C=O) groups is 1. The van der Waals surface area contributed by atoms with Crippen LogP contribution in [0.1, 0.15) is 35.6 Å². The molecule has 24 heavy (non-hydrogen) atoms. The van der Waals surface area contributed by atoms with Crippen molar-refractivity contribution in [2.24, 2.45) is 0 Å². The highest BCUT2D eigenvalue weighted by atomic mass is 16.6. The maximum absolute atomic E-state index is 12.2. The number of aryl methyl sites for hydroxylation is 1. The lowest BCUT2D eigenvalue weighted by molar-refractivity contribution is -0.385. The number of nitrogens with zero attached hydrogens (tertiary/aromatic N) is 1. The fourth-order valence-corrected chi connectivity index (χ4v) is 3.08. The molecular weight excluding hydrogens is 304 g/mol. The maximum Gasteiger partial charge on any atom is 0.276 e. The summed E-state index contributed by atoms with van der Waals surface area (Å²) < 4.78 is 0. The number of amides is 1. The summed E-state index contributed by atoms with van der Waals surface area (Å²) in [6, 6.07) is 14.5. The van der Waals surface area contributed by atoms with Crippen molar-refractivity contribution in [1.82, 2.24) is 5.32 Å². The van der Waals surface area contributed by atoms with E-state index < -0.39 is 4.92 Å². The van der Waals surface area contributed by atoms with E-state index in [1.165, 1.54) is 23.8 Å². The number of fused-ring (bicyclic) bond motifs is 1. The lowest BCUT2D eigenvalue weighted by atomic mass is 9.88. The van der Waals surface area contributed by atoms with Gasteiger partial charge in [0.05, 0.1) is 16.5 Å². The van der Waals surface area contributed by atoms with Crippen LogP contribution in [-0.2, 0) is 11.2 Å². The number of nitrogens with one attached hydrogen (secondary N) is 1. The van der Waals surface area contributed by atoms with E-state index in [-0.39, 0.29) is 17.6 Å². The van der Waals surface area contributed by atoms with Gasteiger partial charge in [-0.15, -0.1) is 0 Å². The number of rotatable bonds is 4. The van der Waals surface area contributed by atoms with Crippen LogP contribution in [0.4, 0.5) is 5.69 Å². The topological polar surface area (TPSA) is 72.2 Å². The molecule has 5 nitrogen and oxygen atoms in total. The third-order valence-corrected chi connectivity index (χ3v) is 4.23. The molecule has 5 heteroatoms. The van der Waals surface area contributed by atoms with Gasteiger partial charge >= 0.3 is 0 Å². The lowest BCUT2D eigenvalue weighted by Gasteiger charge is -2.25. The summed E-state index contributed by atoms with van der Waals surface area (Å²) in [7, 11) is 0. The van der Waals surface area contributed by atoms with Crippen LogP contribution in [0.25, 0.3) is 6.08 Å². The van der Waals surface area contributed by atoms with Crippen LogP contribution in [0.15, 0.2) is 54.6 Å². The Morgan fingerprint density at radius 2 is 1.92 bits per heavy atom. The van der Waals surface area contributed by atoms with Gasteiger partial charge in [0.2, 0.25) is 5.91 Å². The summed E-state index contributed by atoms with van der Waals surface area (Å²) in [5, 5.41) is 14.0. The first-order valence-corrected chi connectivity index (χ1v) is 7.95. The molecule has 1 amide bonds. The zero-order valence-electron chi connectivity index (χ0n) is 13.1. The second-order valence-electron chi connectivity index (χ2n) is 5.80. The van der Waals surface area contributed by atoms with Crippen molar-refractivity contribution < 1.29 is 9.72 Å². The van der Waals surface area contributed by atoms with E-state index in [2.05, 4.69) is 11.4 Å². The van der Waals surface area contributed by atoms with Gasteiger partial charge in [-0.05, 0) is 42.5 Å². The molecule has 0 aromatic heterocycles. The normalized spacial score (nSPS) is 16.6. The quantitative estimate of drug-likeness (QED) is 0.528. The smallest absolute Gasteiger partial charge is 0.276 e. The number of carbonyl (C=O) groups excluding carboxylic acids is 1. The Bertz CT molecular complexity index is 799. The first-order chi connectivity index (χ1) is 11.6. The van der Waals surface area contributed by atoms with Crippen molar-refractivity contribution in [3.05, 3.63) is 81.4 Å². The van der Waals surface area contributed by atoms with E-state index in [0.717, 1.165) is 24.8 Å². The summed E-state index contributed by atoms with van der Waals surface area (Å²) in [6.45, 7) is 0. The van der Waals surface area contributed by atoms with Gasteiger partial charge < -0.3 is 5.32 Å². The minimum Gasteiger partial charge on any atom is -0.346 e. The average Bonchev–Trinajstić information content (AvgIpc) is 2.60. The molecule has 2 aromatic rings. The lowest BCUT2D eigenvalue weighted by Crippen LogP contribution is -2.29. The van der Waals surface area contributed by atoms with E-state index in [1.54, 1.807) is 18.2 Å². The number of hydrogen-bond acceptors (Lipinski definition) is 3. The van der Waals surface area contributed by atoms with Crippen molar-refractivity contribution in [1.29, 1.82) is 0 Å². The Kier molecular flexibility index (Phi) is 4.70. The van der Waals surface area contributed by atoms with Gasteiger partial charge in [-0.2, -0.15) is 0 Å². The molecule has 0 spiro atoms. The van der Waals surface area contributed by atoms with Crippen LogP contribution in [0.3, 0.4) is 0 Å². The van der Waals surface area contributed by atoms with Gasteiger partial charge in [-0.25, -0.2) is 0 Å². The van der Waals surface area contributed by atoms with Crippen molar-refractivity contribution in [3.8, 4) is 0 Å². The standard InChI is InChI=1S/C19H18N2O3/c22-19(13-12-15-7-2-4-11-18(15)21(23)24)20-17-10-5-8-14-6-1-3-9-16(14)17/h1-4,6-7,9,11-13,17H,5,8,10H2,(H,20,22)/b13-12+/t17-/m1/s1. The van der Waals surface area contributed by atoms with Crippen LogP contribution < -0.4 is 5.32 Å². The molecule has 0 radical (unpaired) electrons. The number of para-hydroxylation sites is 1. The van der Waals surface area contributed by atoms with Crippen LogP contribution in [0, 0.1) is 10.1 Å². The van der Waals surface area contributed by atoms with Gasteiger partial charge in [0, 0.05) is 12.1 Å². The molecule has 3 rings (SSSR count). The number of nitro benzene ring substituents is 1. The average molecular weight is 322 g/mol. The van der Waals surface area contributed by atoms with Crippen molar-refractivity contribution in [3.63, 3.8) is 0 Å². The molecule has 0 aliphatic heterocycles. The SMILES string of the molecule is O=C(/C=C/c1ccccc1[N+](=O)[O-])N[C@@H]1CCCc2ccccc21. The Morgan fingerprint density at radius 3 is 2.75 bits per heavy atom. The summed E-state index contributed by atoms with van der Waals surface area (Å²) in [5.41, 5.74) is 2.85. The molecule has 0 saturated carbocycles. The fourth-order valence-electron chi connectivity index (χ4n) is 3.08. The van der Waals surface area contributed by atoms with E-state index in [0.29, 0.717) is 5.56 Å². The molecule has 0 unspecified atom stereocenters. The minimum absolute atomic E-state index is 0.00198. The van der Waals surface area contributed by atoms with Crippen molar-refractivity contribution >= 4 is 17.7 Å². The van der Waals surface area contributed by atoms with Crippen LogP contribution in [0.5, 0.6) is 0 Å². The maximum atomic E-state index is 12.2. The predicted octanol–water partition coefficient (Wildman–Crippen LogP) is 3.80. The van der Waals surface area contributed by atoms with E-state index in [1.807, 2.05) is 18.2 Å². The van der Waals surface area contributed by atoms with E-state index >= 15 is 0 Å². The first kappa shape index (κ1) is 15.9. The molecule has 1 aliphatic carbocycles. The van der Waals surface area contributed by atoms with Crippen molar-refractivity contribution in [2.45, 2.75) is 25.3 Å². The first-order valence-electron chi connectivity index (χ1n) is 7.95. The highest BCUT2D eigenvalue weighted by Gasteiger charge is 2.20. The molecule has 0 saturated heterocycles. The Hall–Kier alpha value is -2.95. The van der Waals surface area contributed by atoms with Crippen LogP contribution in [-0.4, -0.2) is 10.8 Å². The van der Waals surface area contributed by atoms with Crippen molar-refractivity contribution in [2.75, 3.05) is 0 Å². The molecule has 2 aromatic carbocycles. The highest BCUT2D eigenvalue weighted by molar-refractivity contribution is 5.92. The number of hydrogen-bond donors (Lipinski definition) is 1. The van der Waals surface area contributed by atoms with Gasteiger partial charge in [-0.3, -0.25) is 14.9 Å². The molecule has 1 aliphatic rings. The molecule has 1 N–H and O–H groups in total. The summed E-state index contributed by atoms with van der Waals surface area (Å²) >= 11 is 0.